The second-order valence-electron chi connectivity index (χ2n) is 9.41. The first-order valence-electron chi connectivity index (χ1n) is 12.2. The van der Waals surface area contributed by atoms with E-state index in [1.165, 1.54) is 17.0 Å². The van der Waals surface area contributed by atoms with Crippen molar-refractivity contribution in [2.24, 2.45) is 0 Å². The number of phosphoric ester groups is 1. The Bertz CT molecular complexity index is 1590. The summed E-state index contributed by atoms with van der Waals surface area (Å²) in [5.41, 5.74) is 5.20. The smallest absolute Gasteiger partial charge is 0.395 e. The van der Waals surface area contributed by atoms with Crippen molar-refractivity contribution in [3.63, 3.8) is 0 Å². The normalized spacial score (nSPS) is 22.9. The number of imidazole rings is 1. The van der Waals surface area contributed by atoms with E-state index in [-0.39, 0.29) is 28.6 Å². The predicted octanol–water partition coefficient (Wildman–Crippen LogP) is 2.78. The summed E-state index contributed by atoms with van der Waals surface area (Å²) in [6, 6.07) is 13.5. The van der Waals surface area contributed by atoms with Gasteiger partial charge in [-0.2, -0.15) is 4.98 Å². The second kappa shape index (κ2) is 10.5. The predicted molar refractivity (Wildman–Crippen MR) is 145 cm³/mol. The lowest BCUT2D eigenvalue weighted by Gasteiger charge is -2.29. The van der Waals surface area contributed by atoms with E-state index in [0.29, 0.717) is 0 Å². The Labute approximate surface area is 228 Å². The van der Waals surface area contributed by atoms with Gasteiger partial charge in [0.1, 0.15) is 29.3 Å². The molecule has 1 saturated heterocycles. The molecule has 2 aromatic heterocycles. The standard InChI is InChI=1S/C26H28N5O8P/c1-4-26(21(33)20(32)24(37-26)31-14-28-19-22(31)29-25(27)30-23(19)34)13-36-40(35,38-17-9-5-15(2)6-10-17)39-18-11-7-16(3)8-12-18/h4-12,14,20-21,24,32-33H,1,13H2,2-3H3,(H3,27,29,30,34)/t20-,21+,24-,26-/m1/s1. The Hall–Kier alpha value is -4.00. The number of fused-ring (bicyclic) bond motifs is 1. The number of H-pyrrole nitrogens is 1. The molecule has 1 aliphatic rings. The Kier molecular flexibility index (Phi) is 7.25. The highest BCUT2D eigenvalue weighted by Crippen LogP contribution is 2.52. The number of nitrogens with two attached hydrogens (primary N) is 1. The van der Waals surface area contributed by atoms with E-state index in [0.717, 1.165) is 11.1 Å². The Morgan fingerprint density at radius 1 is 1.12 bits per heavy atom. The van der Waals surface area contributed by atoms with E-state index < -0.39 is 44.0 Å². The average molecular weight is 570 g/mol. The van der Waals surface area contributed by atoms with Gasteiger partial charge in [-0.25, -0.2) is 9.55 Å². The lowest BCUT2D eigenvalue weighted by atomic mass is 9.96. The molecule has 0 aliphatic carbocycles. The molecule has 4 aromatic rings. The van der Waals surface area contributed by atoms with Crippen LogP contribution in [0.2, 0.25) is 0 Å². The van der Waals surface area contributed by atoms with Gasteiger partial charge in [-0.1, -0.05) is 41.5 Å². The molecule has 5 rings (SSSR count). The third-order valence-electron chi connectivity index (χ3n) is 6.45. The summed E-state index contributed by atoms with van der Waals surface area (Å²) in [5, 5.41) is 22.0. The topological polar surface area (TPSA) is 184 Å². The number of aromatic amines is 1. The van der Waals surface area contributed by atoms with Gasteiger partial charge in [-0.3, -0.25) is 18.9 Å². The highest BCUT2D eigenvalue weighted by molar-refractivity contribution is 7.49. The first-order chi connectivity index (χ1) is 19.0. The van der Waals surface area contributed by atoms with Crippen LogP contribution < -0.4 is 20.3 Å². The van der Waals surface area contributed by atoms with Gasteiger partial charge in [0.2, 0.25) is 5.95 Å². The lowest BCUT2D eigenvalue weighted by molar-refractivity contribution is -0.0947. The molecule has 14 heteroatoms. The van der Waals surface area contributed by atoms with Gasteiger partial charge < -0.3 is 29.7 Å². The van der Waals surface area contributed by atoms with Crippen LogP contribution in [-0.4, -0.2) is 54.1 Å². The summed E-state index contributed by atoms with van der Waals surface area (Å²) in [6.45, 7) is 6.92. The molecule has 13 nitrogen and oxygen atoms in total. The Morgan fingerprint density at radius 2 is 1.70 bits per heavy atom. The van der Waals surface area contributed by atoms with Gasteiger partial charge in [0.15, 0.2) is 17.4 Å². The molecule has 40 heavy (non-hydrogen) atoms. The fourth-order valence-electron chi connectivity index (χ4n) is 4.21. The number of nitrogens with one attached hydrogen (secondary N) is 1. The average Bonchev–Trinajstić information content (AvgIpc) is 3.45. The number of nitrogens with zero attached hydrogens (tertiary/aromatic N) is 3. The summed E-state index contributed by atoms with van der Waals surface area (Å²) in [6.07, 6.45) is -2.02. The number of rotatable bonds is 9. The summed E-state index contributed by atoms with van der Waals surface area (Å²) < 4.78 is 38.3. The van der Waals surface area contributed by atoms with E-state index in [4.69, 9.17) is 24.0 Å². The molecular weight excluding hydrogens is 541 g/mol. The minimum absolute atomic E-state index is 0.0226. The van der Waals surface area contributed by atoms with Crippen LogP contribution in [0.25, 0.3) is 11.2 Å². The number of aromatic nitrogens is 4. The highest BCUT2D eigenvalue weighted by atomic mass is 31.2. The summed E-state index contributed by atoms with van der Waals surface area (Å²) in [4.78, 5) is 22.6. The van der Waals surface area contributed by atoms with Crippen LogP contribution in [-0.2, 0) is 13.8 Å². The third kappa shape index (κ3) is 5.25. The van der Waals surface area contributed by atoms with Gasteiger partial charge in [0.25, 0.3) is 5.56 Å². The van der Waals surface area contributed by atoms with E-state index in [9.17, 15) is 19.6 Å². The molecule has 2 aromatic carbocycles. The molecular formula is C26H28N5O8P. The number of ether oxygens (including phenoxy) is 1. The van der Waals surface area contributed by atoms with Crippen molar-refractivity contribution in [1.29, 1.82) is 0 Å². The lowest BCUT2D eigenvalue weighted by Crippen LogP contribution is -2.45. The van der Waals surface area contributed by atoms with E-state index >= 15 is 0 Å². The Balaban J connectivity index is 1.44. The van der Waals surface area contributed by atoms with Gasteiger partial charge in [-0.15, -0.1) is 6.58 Å². The molecule has 3 heterocycles. The number of hydrogen-bond acceptors (Lipinski definition) is 11. The van der Waals surface area contributed by atoms with Gasteiger partial charge in [0.05, 0.1) is 12.9 Å². The number of aliphatic hydroxyl groups excluding tert-OH is 2. The van der Waals surface area contributed by atoms with Crippen LogP contribution in [0.15, 0.2) is 72.3 Å². The molecule has 5 N–H and O–H groups in total. The second-order valence-corrected chi connectivity index (χ2v) is 10.9. The van der Waals surface area contributed by atoms with Gasteiger partial charge >= 0.3 is 7.82 Å². The SMILES string of the molecule is C=C[C@]1(COP(=O)(Oc2ccc(C)cc2)Oc2ccc(C)cc2)O[C@@H](n2cnc3c(=O)[nH]c(N)nc32)[C@H](O)[C@@H]1O. The number of anilines is 1. The van der Waals surface area contributed by atoms with Crippen molar-refractivity contribution in [2.75, 3.05) is 12.3 Å². The number of phosphoric acid groups is 1. The molecule has 0 saturated carbocycles. The van der Waals surface area contributed by atoms with Crippen LogP contribution in [0, 0.1) is 13.8 Å². The molecule has 0 bridgehead atoms. The number of benzene rings is 2. The summed E-state index contributed by atoms with van der Waals surface area (Å²) in [7, 11) is -4.39. The number of aryl methyl sites for hydroxylation is 2. The van der Waals surface area contributed by atoms with Crippen LogP contribution >= 0.6 is 7.82 Å². The van der Waals surface area contributed by atoms with Crippen molar-refractivity contribution in [1.82, 2.24) is 19.5 Å². The highest BCUT2D eigenvalue weighted by Gasteiger charge is 2.55. The van der Waals surface area contributed by atoms with Crippen molar-refractivity contribution >= 4 is 24.9 Å². The largest absolute Gasteiger partial charge is 0.587 e. The molecule has 0 spiro atoms. The molecule has 1 fully saturated rings. The van der Waals surface area contributed by atoms with Crippen LogP contribution in [0.4, 0.5) is 5.95 Å². The Morgan fingerprint density at radius 3 is 2.25 bits per heavy atom. The molecule has 1 aliphatic heterocycles. The zero-order valence-corrected chi connectivity index (χ0v) is 22.5. The molecule has 0 amide bonds. The third-order valence-corrected chi connectivity index (χ3v) is 7.77. The molecule has 4 atom stereocenters. The summed E-state index contributed by atoms with van der Waals surface area (Å²) in [5.74, 6) is 0.268. The number of hydrogen-bond donors (Lipinski definition) is 4. The van der Waals surface area contributed by atoms with Crippen LogP contribution in [0.5, 0.6) is 11.5 Å². The van der Waals surface area contributed by atoms with Crippen LogP contribution in [0.3, 0.4) is 0 Å². The van der Waals surface area contributed by atoms with Gasteiger partial charge in [0, 0.05) is 0 Å². The number of aliphatic hydroxyl groups is 2. The van der Waals surface area contributed by atoms with E-state index in [1.54, 1.807) is 48.5 Å². The summed E-state index contributed by atoms with van der Waals surface area (Å²) >= 11 is 0. The zero-order valence-electron chi connectivity index (χ0n) is 21.6. The van der Waals surface area contributed by atoms with Crippen molar-refractivity contribution in [2.45, 2.75) is 37.9 Å². The zero-order chi connectivity index (χ0) is 28.7. The minimum atomic E-state index is -4.39. The van der Waals surface area contributed by atoms with Crippen molar-refractivity contribution in [3.05, 3.63) is 89.0 Å². The molecule has 0 radical (unpaired) electrons. The maximum Gasteiger partial charge on any atom is 0.587 e. The fraction of sp³-hybridized carbons (Fsp3) is 0.269. The van der Waals surface area contributed by atoms with Gasteiger partial charge in [-0.05, 0) is 38.1 Å². The van der Waals surface area contributed by atoms with E-state index in [2.05, 4.69) is 21.5 Å². The molecule has 0 unspecified atom stereocenters. The maximum atomic E-state index is 13.9. The fourth-order valence-corrected chi connectivity index (χ4v) is 5.48. The maximum absolute atomic E-state index is 13.9. The van der Waals surface area contributed by atoms with Crippen molar-refractivity contribution < 1.29 is 33.1 Å². The van der Waals surface area contributed by atoms with Crippen molar-refractivity contribution in [3.8, 4) is 11.5 Å². The first kappa shape index (κ1) is 27.6. The monoisotopic (exact) mass is 569 g/mol. The number of nitrogen functional groups attached to an aromatic ring is 1. The minimum Gasteiger partial charge on any atom is -0.395 e. The quantitative estimate of drug-likeness (QED) is 0.172. The van der Waals surface area contributed by atoms with E-state index in [1.807, 2.05) is 13.8 Å². The van der Waals surface area contributed by atoms with Crippen LogP contribution in [0.1, 0.15) is 17.4 Å². The molecule has 210 valence electrons. The first-order valence-corrected chi connectivity index (χ1v) is 13.7.